The van der Waals surface area contributed by atoms with Gasteiger partial charge in [-0.1, -0.05) is 12.2 Å². The molecule has 0 saturated carbocycles. The molecule has 2 aliphatic rings. The van der Waals surface area contributed by atoms with Crippen molar-refractivity contribution < 1.29 is 19.3 Å². The largest absolute Gasteiger partial charge is 0.387 e. The average molecular weight is 484 g/mol. The van der Waals surface area contributed by atoms with Gasteiger partial charge in [0.1, 0.15) is 42.3 Å². The van der Waals surface area contributed by atoms with Gasteiger partial charge >= 0.3 is 0 Å². The Bertz CT molecular complexity index is 902. The van der Waals surface area contributed by atoms with Crippen molar-refractivity contribution in [3.05, 3.63) is 29.1 Å². The molecule has 8 nitrogen and oxygen atoms in total. The van der Waals surface area contributed by atoms with E-state index in [4.69, 9.17) is 10.5 Å². The highest BCUT2D eigenvalue weighted by Crippen LogP contribution is 2.36. The van der Waals surface area contributed by atoms with Crippen molar-refractivity contribution in [3.8, 4) is 0 Å². The lowest BCUT2D eigenvalue weighted by Gasteiger charge is -2.28. The molecule has 2 saturated heterocycles. The van der Waals surface area contributed by atoms with E-state index in [9.17, 15) is 14.6 Å². The highest BCUT2D eigenvalue weighted by Gasteiger charge is 2.43. The number of unbranched alkanes of at least 4 members (excludes halogenated alkanes) is 1. The summed E-state index contributed by atoms with van der Waals surface area (Å²) in [7, 11) is 0. The van der Waals surface area contributed by atoms with Crippen LogP contribution in [0, 0.1) is 0 Å². The van der Waals surface area contributed by atoms with Gasteiger partial charge in [0.05, 0.1) is 5.39 Å². The zero-order valence-corrected chi connectivity index (χ0v) is 18.2. The third kappa shape index (κ3) is 4.38. The van der Waals surface area contributed by atoms with Gasteiger partial charge in [-0.25, -0.2) is 14.4 Å². The maximum atomic E-state index is 13.2. The number of piperidine rings is 1. The molecule has 164 valence electrons. The van der Waals surface area contributed by atoms with Crippen molar-refractivity contribution >= 4 is 32.8 Å². The summed E-state index contributed by atoms with van der Waals surface area (Å²) in [4.78, 5) is 10.5. The molecule has 0 unspecified atom stereocenters. The smallest absolute Gasteiger partial charge is 0.164 e. The van der Waals surface area contributed by atoms with Gasteiger partial charge < -0.3 is 30.2 Å². The summed E-state index contributed by atoms with van der Waals surface area (Å²) in [5.74, 6) is 0.325. The maximum Gasteiger partial charge on any atom is 0.164 e. The molecule has 0 aromatic carbocycles. The number of aromatic nitrogens is 3. The predicted octanol–water partition coefficient (Wildman–Crippen LogP) is 2.17. The SMILES string of the molecule is Nc1ncnc2c1c(Br)cn2[C@@H]1O[C@H](/C=C/CCCN2CCC(F)CC2)[C@@H](O)[C@H]1O. The van der Waals surface area contributed by atoms with Gasteiger partial charge in [-0.05, 0) is 48.2 Å². The van der Waals surface area contributed by atoms with Crippen molar-refractivity contribution in [2.24, 2.45) is 0 Å². The zero-order chi connectivity index (χ0) is 21.3. The quantitative estimate of drug-likeness (QED) is 0.426. The van der Waals surface area contributed by atoms with E-state index < -0.39 is 30.7 Å². The number of anilines is 1. The number of nitrogens with zero attached hydrogens (tertiary/aromatic N) is 4. The molecule has 0 radical (unpaired) electrons. The van der Waals surface area contributed by atoms with Crippen LogP contribution in [0.4, 0.5) is 10.2 Å². The molecule has 4 atom stereocenters. The summed E-state index contributed by atoms with van der Waals surface area (Å²) in [5, 5.41) is 21.6. The molecule has 4 heterocycles. The van der Waals surface area contributed by atoms with E-state index in [0.29, 0.717) is 34.2 Å². The van der Waals surface area contributed by atoms with Crippen LogP contribution in [-0.2, 0) is 4.74 Å². The van der Waals surface area contributed by atoms with E-state index >= 15 is 0 Å². The molecule has 2 aromatic heterocycles. The number of nitrogens with two attached hydrogens (primary N) is 1. The lowest BCUT2D eigenvalue weighted by Crippen LogP contribution is -2.34. The molecule has 30 heavy (non-hydrogen) atoms. The van der Waals surface area contributed by atoms with E-state index in [-0.39, 0.29) is 0 Å². The number of likely N-dealkylation sites (tertiary alicyclic amines) is 1. The molecule has 2 aliphatic heterocycles. The maximum absolute atomic E-state index is 13.2. The molecule has 4 N–H and O–H groups in total. The van der Waals surface area contributed by atoms with Gasteiger partial charge in [-0.2, -0.15) is 0 Å². The minimum absolute atomic E-state index is 0.325. The molecule has 0 spiro atoms. The Labute approximate surface area is 182 Å². The Morgan fingerprint density at radius 2 is 2.03 bits per heavy atom. The highest BCUT2D eigenvalue weighted by atomic mass is 79.9. The summed E-state index contributed by atoms with van der Waals surface area (Å²) >= 11 is 3.44. The van der Waals surface area contributed by atoms with Crippen molar-refractivity contribution in [2.75, 3.05) is 25.4 Å². The Kier molecular flexibility index (Phi) is 6.69. The van der Waals surface area contributed by atoms with Gasteiger partial charge in [-0.3, -0.25) is 0 Å². The third-order valence-electron chi connectivity index (χ3n) is 5.83. The molecule has 0 amide bonds. The van der Waals surface area contributed by atoms with E-state index in [1.165, 1.54) is 6.33 Å². The van der Waals surface area contributed by atoms with Crippen LogP contribution in [0.15, 0.2) is 29.1 Å². The second kappa shape index (κ2) is 9.27. The Morgan fingerprint density at radius 3 is 2.80 bits per heavy atom. The number of halogens is 2. The fraction of sp³-hybridized carbons (Fsp3) is 0.600. The van der Waals surface area contributed by atoms with Crippen LogP contribution >= 0.6 is 15.9 Å². The van der Waals surface area contributed by atoms with E-state index in [1.807, 2.05) is 6.08 Å². The van der Waals surface area contributed by atoms with Crippen molar-refractivity contribution in [1.29, 1.82) is 0 Å². The Balaban J connectivity index is 1.36. The lowest BCUT2D eigenvalue weighted by atomic mass is 10.1. The first-order chi connectivity index (χ1) is 14.5. The molecular formula is C20H27BrFN5O3. The standard InChI is InChI=1S/C20H27BrFN5O3/c21-13-10-27(19-15(13)18(23)24-11-25-19)20-17(29)16(28)14(30-20)4-2-1-3-7-26-8-5-12(22)6-9-26/h2,4,10-12,14,16-17,20,28-29H,1,3,5-9H2,(H2,23,24,25)/b4-2+/t14-,16-,17-,20-/m1/s1. The predicted molar refractivity (Wildman–Crippen MR) is 115 cm³/mol. The molecule has 2 aromatic rings. The van der Waals surface area contributed by atoms with Gasteiger partial charge in [-0.15, -0.1) is 0 Å². The summed E-state index contributed by atoms with van der Waals surface area (Å²) < 4.78 is 21.5. The summed E-state index contributed by atoms with van der Waals surface area (Å²) in [5.41, 5.74) is 6.45. The van der Waals surface area contributed by atoms with Crippen LogP contribution in [-0.4, -0.2) is 73.8 Å². The Hall–Kier alpha value is -1.59. The second-order valence-electron chi connectivity index (χ2n) is 7.90. The number of aliphatic hydroxyl groups excluding tert-OH is 2. The highest BCUT2D eigenvalue weighted by molar-refractivity contribution is 9.10. The van der Waals surface area contributed by atoms with E-state index in [0.717, 1.165) is 32.5 Å². The summed E-state index contributed by atoms with van der Waals surface area (Å²) in [6, 6.07) is 0. The number of allylic oxidation sites excluding steroid dienone is 1. The van der Waals surface area contributed by atoms with Crippen LogP contribution in [0.5, 0.6) is 0 Å². The molecule has 0 aliphatic carbocycles. The Morgan fingerprint density at radius 1 is 1.27 bits per heavy atom. The van der Waals surface area contributed by atoms with Crippen molar-refractivity contribution in [1.82, 2.24) is 19.4 Å². The first-order valence-corrected chi connectivity index (χ1v) is 11.1. The van der Waals surface area contributed by atoms with Crippen molar-refractivity contribution in [2.45, 2.75) is 56.4 Å². The topological polar surface area (TPSA) is 110 Å². The van der Waals surface area contributed by atoms with E-state index in [1.54, 1.807) is 16.8 Å². The summed E-state index contributed by atoms with van der Waals surface area (Å²) in [6.45, 7) is 2.57. The van der Waals surface area contributed by atoms with Crippen LogP contribution in [0.3, 0.4) is 0 Å². The van der Waals surface area contributed by atoms with Crippen LogP contribution in [0.2, 0.25) is 0 Å². The normalized spacial score (nSPS) is 28.8. The number of nitrogen functional groups attached to an aromatic ring is 1. The average Bonchev–Trinajstić information content (AvgIpc) is 3.21. The molecular weight excluding hydrogens is 457 g/mol. The first-order valence-electron chi connectivity index (χ1n) is 10.3. The van der Waals surface area contributed by atoms with E-state index in [2.05, 4.69) is 30.8 Å². The fourth-order valence-corrected chi connectivity index (χ4v) is 4.72. The van der Waals surface area contributed by atoms with Crippen molar-refractivity contribution in [3.63, 3.8) is 0 Å². The van der Waals surface area contributed by atoms with Gasteiger partial charge in [0.2, 0.25) is 0 Å². The van der Waals surface area contributed by atoms with Gasteiger partial charge in [0.25, 0.3) is 0 Å². The van der Waals surface area contributed by atoms with Crippen LogP contribution < -0.4 is 5.73 Å². The number of hydrogen-bond donors (Lipinski definition) is 3. The van der Waals surface area contributed by atoms with Crippen LogP contribution in [0.1, 0.15) is 31.9 Å². The number of rotatable bonds is 6. The monoisotopic (exact) mass is 483 g/mol. The summed E-state index contributed by atoms with van der Waals surface area (Å²) in [6.07, 6.45) is 5.64. The number of alkyl halides is 1. The second-order valence-corrected chi connectivity index (χ2v) is 8.76. The first kappa shape index (κ1) is 21.6. The molecule has 0 bridgehead atoms. The molecule has 2 fully saturated rings. The third-order valence-corrected chi connectivity index (χ3v) is 6.43. The number of ether oxygens (including phenoxy) is 1. The number of hydrogen-bond acceptors (Lipinski definition) is 7. The van der Waals surface area contributed by atoms with Crippen LogP contribution in [0.25, 0.3) is 11.0 Å². The minimum Gasteiger partial charge on any atom is -0.387 e. The number of fused-ring (bicyclic) bond motifs is 1. The minimum atomic E-state index is -1.11. The zero-order valence-electron chi connectivity index (χ0n) is 16.6. The molecule has 4 rings (SSSR count). The lowest BCUT2D eigenvalue weighted by molar-refractivity contribution is -0.0242. The molecule has 10 heteroatoms. The number of aliphatic hydroxyl groups is 2. The fourth-order valence-electron chi connectivity index (χ4n) is 4.12. The van der Waals surface area contributed by atoms with Gasteiger partial charge in [0.15, 0.2) is 6.23 Å². The van der Waals surface area contributed by atoms with Gasteiger partial charge in [0, 0.05) is 23.8 Å².